The van der Waals surface area contributed by atoms with Gasteiger partial charge in [-0.3, -0.25) is 0 Å². The van der Waals surface area contributed by atoms with Gasteiger partial charge in [-0.15, -0.1) is 0 Å². The molecule has 4 N–H and O–H groups in total. The average Bonchev–Trinajstić information content (AvgIpc) is 2.07. The van der Waals surface area contributed by atoms with Crippen molar-refractivity contribution in [1.29, 1.82) is 0 Å². The van der Waals surface area contributed by atoms with Crippen molar-refractivity contribution in [2.75, 3.05) is 0 Å². The zero-order valence-electron chi connectivity index (χ0n) is 6.90. The van der Waals surface area contributed by atoms with Gasteiger partial charge < -0.3 is 0 Å². The number of rotatable bonds is 2. The predicted octanol–water partition coefficient (Wildman–Crippen LogP) is -2.76. The molecular formula is C7H7NO5Sn+2. The number of carbonyl (C=O) groups is 2. The van der Waals surface area contributed by atoms with Gasteiger partial charge in [-0.1, -0.05) is 0 Å². The van der Waals surface area contributed by atoms with E-state index >= 15 is 0 Å². The Morgan fingerprint density at radius 2 is 1.50 bits per heavy atom. The van der Waals surface area contributed by atoms with Crippen LogP contribution in [0.2, 0.25) is 0 Å². The molecule has 0 aliphatic heterocycles. The number of hydrogen-bond acceptors (Lipinski definition) is 3. The first kappa shape index (κ1) is 10.8. The Labute approximate surface area is 91.2 Å². The Kier molecular flexibility index (Phi) is 2.94. The standard InChI is InChI=1S/C7H5NO5.Sn.H/c9-3-1-4(6(10)11)8-5(2-3)7(12)13;;/h1-2H,(H3,8,9,10,11,12,13);;/q;+1;/p+1. The molecule has 6 nitrogen and oxygen atoms in total. The van der Waals surface area contributed by atoms with Gasteiger partial charge in [0, 0.05) is 0 Å². The van der Waals surface area contributed by atoms with Crippen LogP contribution in [0, 0.1) is 0 Å². The number of nitrogens with zero attached hydrogens (tertiary/aromatic N) is 1. The third-order valence-corrected chi connectivity index (χ3v) is 3.13. The van der Waals surface area contributed by atoms with Gasteiger partial charge in [0.2, 0.25) is 0 Å². The first-order chi connectivity index (χ1) is 6.43. The fourth-order valence-electron chi connectivity index (χ4n) is 0.930. The van der Waals surface area contributed by atoms with Crippen molar-refractivity contribution < 1.29 is 19.8 Å². The average molecular weight is 304 g/mol. The summed E-state index contributed by atoms with van der Waals surface area (Å²) in [5.74, 6) is -2.06. The predicted molar refractivity (Wildman–Crippen MR) is 49.1 cm³/mol. The van der Waals surface area contributed by atoms with Crippen LogP contribution in [0.4, 0.5) is 0 Å². The second-order valence-corrected chi connectivity index (χ2v) is 3.96. The van der Waals surface area contributed by atoms with Crippen LogP contribution >= 0.6 is 0 Å². The molecule has 0 amide bonds. The topological polar surface area (TPSA) is 102 Å². The van der Waals surface area contributed by atoms with E-state index in [2.05, 4.69) is 0 Å². The van der Waals surface area contributed by atoms with E-state index in [0.29, 0.717) is 22.8 Å². The molecular weight excluding hydrogens is 297 g/mol. The number of aromatic nitrogens is 1. The van der Waals surface area contributed by atoms with Crippen LogP contribution in [0.3, 0.4) is 0 Å². The molecule has 0 aromatic carbocycles. The van der Waals surface area contributed by atoms with Gasteiger partial charge in [0.05, 0.1) is 0 Å². The molecule has 0 fully saturated rings. The molecule has 2 radical (unpaired) electrons. The zero-order valence-corrected chi connectivity index (χ0v) is 10.2. The Bertz CT molecular complexity index is 425. The Hall–Kier alpha value is -1.31. The van der Waals surface area contributed by atoms with Gasteiger partial charge in [-0.05, 0) is 0 Å². The van der Waals surface area contributed by atoms with Crippen LogP contribution < -0.4 is 5.43 Å². The van der Waals surface area contributed by atoms with Crippen molar-refractivity contribution in [1.82, 2.24) is 2.79 Å². The van der Waals surface area contributed by atoms with Crippen molar-refractivity contribution in [3.63, 3.8) is 0 Å². The summed E-state index contributed by atoms with van der Waals surface area (Å²) in [5, 5.41) is 13.7. The van der Waals surface area contributed by atoms with E-state index in [1.54, 1.807) is 0 Å². The van der Waals surface area contributed by atoms with Crippen molar-refractivity contribution in [3.8, 4) is 0 Å². The normalized spacial score (nSPS) is 9.79. The van der Waals surface area contributed by atoms with E-state index in [9.17, 15) is 14.4 Å². The van der Waals surface area contributed by atoms with Crippen LogP contribution in [0.5, 0.6) is 0 Å². The SMILES string of the molecule is O=C([OH2+])c1cc(=O)cc(C(=O)[OH2+])[n]1[SnH]. The third-order valence-electron chi connectivity index (χ3n) is 1.54. The number of pyridine rings is 1. The fourth-order valence-corrected chi connectivity index (χ4v) is 2.02. The number of carbonyl (C=O) groups excluding carboxylic acids is 2. The minimum absolute atomic E-state index is 0.143. The van der Waals surface area contributed by atoms with Crippen LogP contribution in [-0.4, -0.2) is 47.7 Å². The summed E-state index contributed by atoms with van der Waals surface area (Å²) in [7, 11) is 0. The van der Waals surface area contributed by atoms with Crippen LogP contribution in [-0.2, 0) is 0 Å². The van der Waals surface area contributed by atoms with Crippen molar-refractivity contribution in [3.05, 3.63) is 33.7 Å². The molecule has 1 heterocycles. The minimum atomic E-state index is -1.03. The first-order valence-electron chi connectivity index (χ1n) is 3.47. The summed E-state index contributed by atoms with van der Waals surface area (Å²) in [6.45, 7) is 0. The fraction of sp³-hybridized carbons (Fsp3) is 0. The van der Waals surface area contributed by atoms with E-state index in [1.165, 1.54) is 2.79 Å². The summed E-state index contributed by atoms with van der Waals surface area (Å²) >= 11 is 0.336. The second kappa shape index (κ2) is 3.82. The van der Waals surface area contributed by atoms with Crippen LogP contribution in [0.25, 0.3) is 0 Å². The summed E-state index contributed by atoms with van der Waals surface area (Å²) in [5.41, 5.74) is -0.826. The van der Waals surface area contributed by atoms with Gasteiger partial charge in [0.1, 0.15) is 0 Å². The van der Waals surface area contributed by atoms with Crippen LogP contribution in [0.1, 0.15) is 21.0 Å². The van der Waals surface area contributed by atoms with Gasteiger partial charge in [-0.2, -0.15) is 0 Å². The number of hydrogen-bond donors (Lipinski definition) is 0. The Morgan fingerprint density at radius 1 is 1.14 bits per heavy atom. The molecule has 1 aromatic rings. The van der Waals surface area contributed by atoms with E-state index in [4.69, 9.17) is 10.2 Å². The molecule has 14 heavy (non-hydrogen) atoms. The van der Waals surface area contributed by atoms with Gasteiger partial charge >= 0.3 is 91.1 Å². The van der Waals surface area contributed by atoms with Gasteiger partial charge in [0.15, 0.2) is 0 Å². The first-order valence-corrected chi connectivity index (χ1v) is 4.95. The van der Waals surface area contributed by atoms with Crippen molar-refractivity contribution >= 4 is 34.7 Å². The third kappa shape index (κ3) is 1.95. The van der Waals surface area contributed by atoms with Crippen molar-refractivity contribution in [2.24, 2.45) is 0 Å². The Morgan fingerprint density at radius 3 is 1.79 bits per heavy atom. The summed E-state index contributed by atoms with van der Waals surface area (Å²) in [6.07, 6.45) is 0. The maximum atomic E-state index is 11.0. The van der Waals surface area contributed by atoms with Crippen molar-refractivity contribution in [2.45, 2.75) is 0 Å². The molecule has 1 aromatic heterocycles. The molecule has 0 saturated heterocycles. The van der Waals surface area contributed by atoms with Gasteiger partial charge in [0.25, 0.3) is 0 Å². The second-order valence-electron chi connectivity index (χ2n) is 2.49. The summed E-state index contributed by atoms with van der Waals surface area (Å²) in [6, 6.07) is 1.99. The summed E-state index contributed by atoms with van der Waals surface area (Å²) in [4.78, 5) is 32.5. The van der Waals surface area contributed by atoms with E-state index in [-0.39, 0.29) is 11.4 Å². The quantitative estimate of drug-likeness (QED) is 0.437. The zero-order chi connectivity index (χ0) is 10.9. The van der Waals surface area contributed by atoms with Gasteiger partial charge in [-0.25, -0.2) is 0 Å². The van der Waals surface area contributed by atoms with Crippen LogP contribution in [0.15, 0.2) is 16.9 Å². The molecule has 0 atom stereocenters. The van der Waals surface area contributed by atoms with E-state index in [0.717, 1.165) is 12.1 Å². The monoisotopic (exact) mass is 305 g/mol. The summed E-state index contributed by atoms with van der Waals surface area (Å²) < 4.78 is 1.19. The molecule has 72 valence electrons. The Balaban J connectivity index is 3.56. The molecule has 0 spiro atoms. The molecule has 0 saturated carbocycles. The molecule has 0 aliphatic rings. The molecule has 7 heteroatoms. The molecule has 0 unspecified atom stereocenters. The maximum absolute atomic E-state index is 11.0. The molecule has 0 bridgehead atoms. The molecule has 1 rings (SSSR count). The van der Waals surface area contributed by atoms with E-state index in [1.807, 2.05) is 0 Å². The van der Waals surface area contributed by atoms with E-state index < -0.39 is 17.4 Å². The molecule has 0 aliphatic carbocycles.